The molecule has 0 atom stereocenters. The molecule has 0 saturated carbocycles. The van der Waals surface area contributed by atoms with Crippen molar-refractivity contribution >= 4 is 27.0 Å². The van der Waals surface area contributed by atoms with E-state index in [2.05, 4.69) is 27.9 Å². The predicted octanol–water partition coefficient (Wildman–Crippen LogP) is 2.22. The van der Waals surface area contributed by atoms with E-state index in [1.807, 2.05) is 0 Å². The molecule has 0 bridgehead atoms. The van der Waals surface area contributed by atoms with Gasteiger partial charge in [-0.1, -0.05) is 13.8 Å². The summed E-state index contributed by atoms with van der Waals surface area (Å²) in [5.74, 6) is 0. The Labute approximate surface area is 74.6 Å². The molecule has 0 aliphatic carbocycles. The van der Waals surface area contributed by atoms with Gasteiger partial charge >= 0.3 is 13.0 Å². The fourth-order valence-electron chi connectivity index (χ4n) is 0.469. The van der Waals surface area contributed by atoms with Gasteiger partial charge in [0.2, 0.25) is 0 Å². The number of halogens is 1. The number of hydrogen-bond acceptors (Lipinski definition) is 2. The summed E-state index contributed by atoms with van der Waals surface area (Å²) in [4.78, 5) is 0. The first-order chi connectivity index (χ1) is 4.81. The van der Waals surface area contributed by atoms with Crippen molar-refractivity contribution in [3.05, 3.63) is 0 Å². The highest BCUT2D eigenvalue weighted by Crippen LogP contribution is 1.99. The van der Waals surface area contributed by atoms with Crippen LogP contribution in [-0.4, -0.2) is 26.2 Å². The maximum atomic E-state index is 5.33. The second-order valence-corrected chi connectivity index (χ2v) is 5.47. The van der Waals surface area contributed by atoms with Gasteiger partial charge in [0, 0.05) is 13.2 Å². The van der Waals surface area contributed by atoms with Crippen LogP contribution in [0.5, 0.6) is 0 Å². The number of hydrogen-bond donors (Lipinski definition) is 0. The average Bonchev–Trinajstić information content (AvgIpc) is 1.97. The molecule has 2 nitrogen and oxygen atoms in total. The highest BCUT2D eigenvalue weighted by molar-refractivity contribution is 9.24. The third-order valence-corrected chi connectivity index (χ3v) is 3.49. The lowest BCUT2D eigenvalue weighted by atomic mass is 10.5. The molecule has 0 spiro atoms. The molecule has 0 aliphatic rings. The van der Waals surface area contributed by atoms with Gasteiger partial charge in [-0.3, -0.25) is 0 Å². The minimum Gasteiger partial charge on any atom is -0.470 e. The molecule has 0 unspecified atom stereocenters. The molecule has 0 radical (unpaired) electrons. The van der Waals surface area contributed by atoms with Crippen molar-refractivity contribution in [3.8, 4) is 0 Å². The van der Waals surface area contributed by atoms with Crippen LogP contribution in [0.4, 0.5) is 0 Å². The van der Waals surface area contributed by atoms with Gasteiger partial charge in [-0.15, -0.1) is 14.1 Å². The van der Waals surface area contributed by atoms with Gasteiger partial charge in [-0.2, -0.15) is 0 Å². The van der Waals surface area contributed by atoms with Crippen molar-refractivity contribution in [2.75, 3.05) is 13.2 Å². The summed E-state index contributed by atoms with van der Waals surface area (Å²) in [5.41, 5.74) is 0. The normalized spacial score (nSPS) is 9.90. The summed E-state index contributed by atoms with van der Waals surface area (Å²) in [6.07, 6.45) is 2.12. The zero-order valence-corrected chi connectivity index (χ0v) is 9.34. The SMILES string of the molecule is CCC[O][Al]([Br])[O]CCC. The Kier molecular flexibility index (Phi) is 8.78. The molecule has 0 rings (SSSR count). The highest BCUT2D eigenvalue weighted by atomic mass is 79.9. The van der Waals surface area contributed by atoms with Gasteiger partial charge in [0.05, 0.1) is 0 Å². The van der Waals surface area contributed by atoms with E-state index in [0.29, 0.717) is 0 Å². The monoisotopic (exact) mass is 224 g/mol. The maximum Gasteiger partial charge on any atom is 0.774 e. The van der Waals surface area contributed by atoms with Gasteiger partial charge in [0.15, 0.2) is 0 Å². The van der Waals surface area contributed by atoms with Crippen molar-refractivity contribution in [2.24, 2.45) is 0 Å². The Morgan fingerprint density at radius 1 is 1.10 bits per heavy atom. The first-order valence-corrected chi connectivity index (χ1v) is 7.81. The van der Waals surface area contributed by atoms with E-state index in [1.54, 1.807) is 0 Å². The summed E-state index contributed by atoms with van der Waals surface area (Å²) >= 11 is 1.95. The lowest BCUT2D eigenvalue weighted by Gasteiger charge is -2.05. The second-order valence-electron chi connectivity index (χ2n) is 2.02. The van der Waals surface area contributed by atoms with Crippen molar-refractivity contribution in [1.29, 1.82) is 0 Å². The molecular formula is C6H14AlBrO2. The second kappa shape index (κ2) is 8.03. The summed E-state index contributed by atoms with van der Waals surface area (Å²) in [6.45, 7) is 5.81. The molecule has 0 aliphatic heterocycles. The fourth-order valence-corrected chi connectivity index (χ4v) is 2.53. The molecule has 0 N–H and O–H groups in total. The van der Waals surface area contributed by atoms with Crippen molar-refractivity contribution in [2.45, 2.75) is 26.7 Å². The van der Waals surface area contributed by atoms with Gasteiger partial charge in [-0.05, 0) is 12.8 Å². The van der Waals surface area contributed by atoms with Crippen molar-refractivity contribution in [1.82, 2.24) is 0 Å². The van der Waals surface area contributed by atoms with E-state index in [9.17, 15) is 0 Å². The summed E-state index contributed by atoms with van der Waals surface area (Å²) in [7, 11) is 0. The zero-order valence-electron chi connectivity index (χ0n) is 6.60. The standard InChI is InChI=1S/2C3H7O.Al.BrH/c2*1-2-3-4;;/h2*2-3H2,1H3;;1H/q2*-1;+3;/p-1. The van der Waals surface area contributed by atoms with Crippen LogP contribution in [0.2, 0.25) is 0 Å². The van der Waals surface area contributed by atoms with E-state index in [0.717, 1.165) is 26.1 Å². The van der Waals surface area contributed by atoms with E-state index in [1.165, 1.54) is 0 Å². The highest BCUT2D eigenvalue weighted by Gasteiger charge is 2.19. The van der Waals surface area contributed by atoms with Crippen LogP contribution < -0.4 is 0 Å². The quantitative estimate of drug-likeness (QED) is 0.645. The Morgan fingerprint density at radius 3 is 1.80 bits per heavy atom. The largest absolute Gasteiger partial charge is 0.774 e. The summed E-state index contributed by atoms with van der Waals surface area (Å²) in [5, 5.41) is 0. The Balaban J connectivity index is 3.00. The van der Waals surface area contributed by atoms with Gasteiger partial charge in [0.1, 0.15) is 0 Å². The first-order valence-electron chi connectivity index (χ1n) is 3.68. The molecule has 0 heterocycles. The minimum atomic E-state index is -1.42. The van der Waals surface area contributed by atoms with Crippen LogP contribution >= 0.6 is 14.1 Å². The van der Waals surface area contributed by atoms with Crippen LogP contribution in [0.25, 0.3) is 0 Å². The van der Waals surface area contributed by atoms with Crippen LogP contribution in [0.3, 0.4) is 0 Å². The molecule has 4 heteroatoms. The first kappa shape index (κ1) is 10.9. The molecule has 0 aromatic heterocycles. The molecule has 0 saturated heterocycles. The molecule has 0 aromatic rings. The summed E-state index contributed by atoms with van der Waals surface area (Å²) in [6, 6.07) is 0. The topological polar surface area (TPSA) is 18.5 Å². The smallest absolute Gasteiger partial charge is 0.470 e. The zero-order chi connectivity index (χ0) is 7.82. The van der Waals surface area contributed by atoms with Crippen molar-refractivity contribution < 1.29 is 7.58 Å². The minimum absolute atomic E-state index is 0.811. The van der Waals surface area contributed by atoms with Crippen LogP contribution in [0.15, 0.2) is 0 Å². The molecule has 10 heavy (non-hydrogen) atoms. The molecule has 60 valence electrons. The average molecular weight is 225 g/mol. The van der Waals surface area contributed by atoms with E-state index >= 15 is 0 Å². The lowest BCUT2D eigenvalue weighted by Crippen LogP contribution is -2.16. The Morgan fingerprint density at radius 2 is 1.50 bits per heavy atom. The molecule has 0 aromatic carbocycles. The van der Waals surface area contributed by atoms with Gasteiger partial charge in [0.25, 0.3) is 0 Å². The predicted molar refractivity (Wildman–Crippen MR) is 47.2 cm³/mol. The van der Waals surface area contributed by atoms with E-state index in [4.69, 9.17) is 7.58 Å². The van der Waals surface area contributed by atoms with Gasteiger partial charge in [-0.25, -0.2) is 0 Å². The lowest BCUT2D eigenvalue weighted by molar-refractivity contribution is 0.216. The maximum absolute atomic E-state index is 5.33. The molecule has 0 fully saturated rings. The molecular weight excluding hydrogens is 211 g/mol. The van der Waals surface area contributed by atoms with E-state index < -0.39 is 13.0 Å². The van der Waals surface area contributed by atoms with Crippen LogP contribution in [-0.2, 0) is 7.58 Å². The number of rotatable bonds is 6. The molecule has 0 amide bonds. The van der Waals surface area contributed by atoms with Gasteiger partial charge < -0.3 is 7.58 Å². The van der Waals surface area contributed by atoms with Crippen LogP contribution in [0.1, 0.15) is 26.7 Å². The van der Waals surface area contributed by atoms with Crippen LogP contribution in [0, 0.1) is 0 Å². The fraction of sp³-hybridized carbons (Fsp3) is 1.00. The third kappa shape index (κ3) is 7.04. The summed E-state index contributed by atoms with van der Waals surface area (Å²) < 4.78 is 10.7. The van der Waals surface area contributed by atoms with E-state index in [-0.39, 0.29) is 0 Å². The Hall–Kier alpha value is 0.932. The third-order valence-electron chi connectivity index (χ3n) is 0.906. The Bertz CT molecular complexity index is 64.8. The van der Waals surface area contributed by atoms with Crippen molar-refractivity contribution in [3.63, 3.8) is 0 Å².